The second kappa shape index (κ2) is 6.10. The van der Waals surface area contributed by atoms with Crippen LogP contribution in [0.2, 0.25) is 0 Å². The van der Waals surface area contributed by atoms with Crippen LogP contribution in [0, 0.1) is 3.57 Å². The van der Waals surface area contributed by atoms with Crippen molar-refractivity contribution in [1.29, 1.82) is 0 Å². The molecule has 1 aromatic heterocycles. The standard InChI is InChI=1S/C15H9Br2IN2O/c16-9-3-1-2-8(6-9)13-14(21-20-15(13)19)11-7-10(18)4-5-12(11)17/h1-7H,(H2,19,20). The molecule has 0 fully saturated rings. The first-order valence-corrected chi connectivity index (χ1v) is 8.69. The van der Waals surface area contributed by atoms with Gasteiger partial charge in [0.25, 0.3) is 0 Å². The van der Waals surface area contributed by atoms with Crippen LogP contribution in [0.4, 0.5) is 5.82 Å². The number of nitrogens with zero attached hydrogens (tertiary/aromatic N) is 1. The van der Waals surface area contributed by atoms with Gasteiger partial charge in [0.1, 0.15) is 0 Å². The van der Waals surface area contributed by atoms with Crippen molar-refractivity contribution in [2.45, 2.75) is 0 Å². The first kappa shape index (κ1) is 15.1. The number of benzene rings is 2. The van der Waals surface area contributed by atoms with Crippen LogP contribution in [0.1, 0.15) is 0 Å². The maximum absolute atomic E-state index is 6.01. The van der Waals surface area contributed by atoms with E-state index < -0.39 is 0 Å². The normalized spacial score (nSPS) is 10.8. The molecule has 0 saturated heterocycles. The molecular weight excluding hydrogens is 511 g/mol. The lowest BCUT2D eigenvalue weighted by Crippen LogP contribution is -1.89. The Morgan fingerprint density at radius 3 is 2.67 bits per heavy atom. The molecule has 0 amide bonds. The number of halogens is 3. The predicted molar refractivity (Wildman–Crippen MR) is 99.9 cm³/mol. The number of nitrogen functional groups attached to an aromatic ring is 1. The van der Waals surface area contributed by atoms with Crippen molar-refractivity contribution in [2.24, 2.45) is 0 Å². The van der Waals surface area contributed by atoms with Crippen LogP contribution in [-0.2, 0) is 0 Å². The average Bonchev–Trinajstić information content (AvgIpc) is 2.83. The molecule has 1 heterocycles. The van der Waals surface area contributed by atoms with Crippen LogP contribution in [0.25, 0.3) is 22.5 Å². The molecule has 0 aliphatic carbocycles. The van der Waals surface area contributed by atoms with Gasteiger partial charge in [0.05, 0.1) is 5.56 Å². The molecular formula is C15H9Br2IN2O. The Kier molecular flexibility index (Phi) is 4.37. The van der Waals surface area contributed by atoms with Crippen molar-refractivity contribution in [2.75, 3.05) is 5.73 Å². The molecule has 0 spiro atoms. The molecule has 0 unspecified atom stereocenters. The fourth-order valence-corrected chi connectivity index (χ4v) is 3.40. The predicted octanol–water partition coefficient (Wildman–Crippen LogP) is 5.72. The highest BCUT2D eigenvalue weighted by Gasteiger charge is 2.20. The molecule has 6 heteroatoms. The molecule has 2 N–H and O–H groups in total. The van der Waals surface area contributed by atoms with E-state index in [1.165, 1.54) is 0 Å². The Labute approximate surface area is 152 Å². The Hall–Kier alpha value is -0.860. The molecule has 3 rings (SSSR count). The number of hydrogen-bond acceptors (Lipinski definition) is 3. The maximum atomic E-state index is 6.01. The summed E-state index contributed by atoms with van der Waals surface area (Å²) in [5.74, 6) is 1.05. The summed E-state index contributed by atoms with van der Waals surface area (Å²) >= 11 is 9.30. The van der Waals surface area contributed by atoms with Crippen molar-refractivity contribution in [1.82, 2.24) is 5.16 Å². The van der Waals surface area contributed by atoms with Gasteiger partial charge in [0.2, 0.25) is 0 Å². The van der Waals surface area contributed by atoms with Gasteiger partial charge in [-0.15, -0.1) is 0 Å². The summed E-state index contributed by atoms with van der Waals surface area (Å²) < 4.78 is 8.52. The third-order valence-electron chi connectivity index (χ3n) is 3.00. The lowest BCUT2D eigenvalue weighted by atomic mass is 10.0. The van der Waals surface area contributed by atoms with Crippen LogP contribution < -0.4 is 5.73 Å². The summed E-state index contributed by atoms with van der Waals surface area (Å²) in [6, 6.07) is 13.9. The van der Waals surface area contributed by atoms with Crippen molar-refractivity contribution in [3.05, 3.63) is 55.0 Å². The lowest BCUT2D eigenvalue weighted by Gasteiger charge is -2.06. The van der Waals surface area contributed by atoms with E-state index in [0.717, 1.165) is 29.2 Å². The second-order valence-electron chi connectivity index (χ2n) is 4.41. The van der Waals surface area contributed by atoms with E-state index >= 15 is 0 Å². The first-order chi connectivity index (χ1) is 10.1. The topological polar surface area (TPSA) is 52.0 Å². The zero-order valence-electron chi connectivity index (χ0n) is 10.6. The minimum absolute atomic E-state index is 0.383. The van der Waals surface area contributed by atoms with Crippen molar-refractivity contribution >= 4 is 60.3 Å². The summed E-state index contributed by atoms with van der Waals surface area (Å²) in [4.78, 5) is 0. The van der Waals surface area contributed by atoms with Crippen LogP contribution in [-0.4, -0.2) is 5.16 Å². The first-order valence-electron chi connectivity index (χ1n) is 6.03. The molecule has 0 aliphatic rings. The van der Waals surface area contributed by atoms with Gasteiger partial charge in [-0.3, -0.25) is 0 Å². The summed E-state index contributed by atoms with van der Waals surface area (Å²) in [5.41, 5.74) is 8.71. The van der Waals surface area contributed by atoms with Crippen LogP contribution in [0.15, 0.2) is 55.9 Å². The molecule has 0 bridgehead atoms. The molecule has 3 aromatic rings. The summed E-state index contributed by atoms with van der Waals surface area (Å²) in [6.07, 6.45) is 0. The highest BCUT2D eigenvalue weighted by molar-refractivity contribution is 14.1. The van der Waals surface area contributed by atoms with Crippen LogP contribution in [0.5, 0.6) is 0 Å². The summed E-state index contributed by atoms with van der Waals surface area (Å²) in [7, 11) is 0. The largest absolute Gasteiger partial charge is 0.380 e. The summed E-state index contributed by atoms with van der Waals surface area (Å²) in [6.45, 7) is 0. The third kappa shape index (κ3) is 3.02. The van der Waals surface area contributed by atoms with E-state index in [4.69, 9.17) is 10.3 Å². The van der Waals surface area contributed by atoms with E-state index in [1.54, 1.807) is 0 Å². The minimum Gasteiger partial charge on any atom is -0.380 e. The van der Waals surface area contributed by atoms with Gasteiger partial charge in [-0.1, -0.05) is 49.1 Å². The van der Waals surface area contributed by atoms with E-state index in [9.17, 15) is 0 Å². The molecule has 0 saturated carbocycles. The molecule has 2 aromatic carbocycles. The zero-order valence-corrected chi connectivity index (χ0v) is 15.9. The molecule has 3 nitrogen and oxygen atoms in total. The van der Waals surface area contributed by atoms with Gasteiger partial charge in [0.15, 0.2) is 11.6 Å². The quantitative estimate of drug-likeness (QED) is 0.441. The van der Waals surface area contributed by atoms with E-state index in [-0.39, 0.29) is 0 Å². The second-order valence-corrected chi connectivity index (χ2v) is 7.42. The van der Waals surface area contributed by atoms with Crippen molar-refractivity contribution < 1.29 is 4.52 Å². The fraction of sp³-hybridized carbons (Fsp3) is 0. The Bertz CT molecular complexity index is 817. The monoisotopic (exact) mass is 518 g/mol. The lowest BCUT2D eigenvalue weighted by molar-refractivity contribution is 0.436. The highest BCUT2D eigenvalue weighted by Crippen LogP contribution is 2.40. The van der Waals surface area contributed by atoms with Gasteiger partial charge >= 0.3 is 0 Å². The SMILES string of the molecule is Nc1noc(-c2cc(I)ccc2Br)c1-c1cccc(Br)c1. The summed E-state index contributed by atoms with van der Waals surface area (Å²) in [5, 5.41) is 3.93. The molecule has 0 atom stereocenters. The number of hydrogen-bond donors (Lipinski definition) is 1. The Morgan fingerprint density at radius 1 is 1.10 bits per heavy atom. The molecule has 106 valence electrons. The number of rotatable bonds is 2. The highest BCUT2D eigenvalue weighted by atomic mass is 127. The number of nitrogens with two attached hydrogens (primary N) is 1. The van der Waals surface area contributed by atoms with E-state index in [1.807, 2.05) is 42.5 Å². The van der Waals surface area contributed by atoms with Gasteiger partial charge in [-0.05, 0) is 58.5 Å². The molecule has 0 aliphatic heterocycles. The maximum Gasteiger partial charge on any atom is 0.178 e. The van der Waals surface area contributed by atoms with Gasteiger partial charge in [-0.2, -0.15) is 0 Å². The Morgan fingerprint density at radius 2 is 1.90 bits per heavy atom. The molecule has 0 radical (unpaired) electrons. The fourth-order valence-electron chi connectivity index (χ4n) is 2.08. The number of aromatic nitrogens is 1. The van der Waals surface area contributed by atoms with Crippen molar-refractivity contribution in [3.8, 4) is 22.5 Å². The number of anilines is 1. The zero-order chi connectivity index (χ0) is 15.0. The van der Waals surface area contributed by atoms with E-state index in [0.29, 0.717) is 11.6 Å². The van der Waals surface area contributed by atoms with Gasteiger partial charge in [0, 0.05) is 18.1 Å². The third-order valence-corrected chi connectivity index (χ3v) is 4.86. The van der Waals surface area contributed by atoms with Crippen LogP contribution in [0.3, 0.4) is 0 Å². The average molecular weight is 520 g/mol. The van der Waals surface area contributed by atoms with Gasteiger partial charge < -0.3 is 10.3 Å². The minimum atomic E-state index is 0.383. The van der Waals surface area contributed by atoms with Crippen LogP contribution >= 0.6 is 54.5 Å². The molecule has 21 heavy (non-hydrogen) atoms. The van der Waals surface area contributed by atoms with E-state index in [2.05, 4.69) is 59.6 Å². The Balaban J connectivity index is 2.24. The smallest absolute Gasteiger partial charge is 0.178 e. The van der Waals surface area contributed by atoms with Gasteiger partial charge in [-0.25, -0.2) is 0 Å². The van der Waals surface area contributed by atoms with Crippen molar-refractivity contribution in [3.63, 3.8) is 0 Å².